The lowest BCUT2D eigenvalue weighted by Crippen LogP contribution is -2.54. The zero-order valence-corrected chi connectivity index (χ0v) is 31.1. The number of hydrogen-bond acceptors (Lipinski definition) is 2. The maximum absolute atomic E-state index is 13.5. The predicted molar refractivity (Wildman–Crippen MR) is 194 cm³/mol. The van der Waals surface area contributed by atoms with Crippen molar-refractivity contribution in [1.82, 2.24) is 0 Å². The van der Waals surface area contributed by atoms with Crippen LogP contribution in [0.1, 0.15) is 200 Å². The van der Waals surface area contributed by atoms with Crippen LogP contribution in [-0.2, 0) is 9.32 Å². The van der Waals surface area contributed by atoms with Crippen LogP contribution in [0.4, 0.5) is 0 Å². The maximum Gasteiger partial charge on any atom is 0.167 e. The van der Waals surface area contributed by atoms with Crippen LogP contribution >= 0.6 is 9.47 Å². The van der Waals surface area contributed by atoms with Gasteiger partial charge in [-0.2, -0.15) is 0 Å². The molecule has 1 atom stereocenters. The zero-order valence-electron chi connectivity index (χ0n) is 30.1. The Bertz CT molecular complexity index is 629. The van der Waals surface area contributed by atoms with Gasteiger partial charge in [0.25, 0.3) is 0 Å². The highest BCUT2D eigenvalue weighted by molar-refractivity contribution is 7.10. The number of quaternary nitrogens is 1. The van der Waals surface area contributed by atoms with Gasteiger partial charge in [-0.3, -0.25) is 4.79 Å². The molecular formula is C39H78NO2P. The highest BCUT2D eigenvalue weighted by atomic mass is 31.0. The summed E-state index contributed by atoms with van der Waals surface area (Å²) in [5.74, 6) is 0.294. The summed E-state index contributed by atoms with van der Waals surface area (Å²) in [6, 6.07) is 0. The van der Waals surface area contributed by atoms with Crippen molar-refractivity contribution in [3.8, 4) is 0 Å². The second kappa shape index (κ2) is 30.4. The van der Waals surface area contributed by atoms with Gasteiger partial charge in [0.2, 0.25) is 0 Å². The average Bonchev–Trinajstić information content (AvgIpc) is 2.97. The monoisotopic (exact) mass is 624 g/mol. The minimum atomic E-state index is -0.701. The standard InChI is InChI=1S/C39H78NO2P/c1-6-8-10-12-14-16-18-20-22-23-25-27-29-31-33-35-38(41)39(42-43,37-40(3,4)5)36-34-32-30-28-26-24-21-19-17-15-13-11-9-7-2/h20,22,43H,6-19,21,23-37H2,1-5H3/b22-20-. The second-order valence-electron chi connectivity index (χ2n) is 14.6. The first-order chi connectivity index (χ1) is 20.8. The van der Waals surface area contributed by atoms with Crippen LogP contribution in [0.2, 0.25) is 0 Å². The molecule has 0 saturated carbocycles. The molecule has 0 aliphatic carbocycles. The number of Topliss-reactive ketones (excluding diaryl/α,β-unsaturated/α-hetero) is 1. The molecule has 0 bridgehead atoms. The Morgan fingerprint density at radius 2 is 0.907 bits per heavy atom. The van der Waals surface area contributed by atoms with Gasteiger partial charge in [-0.25, -0.2) is 0 Å². The fourth-order valence-electron chi connectivity index (χ4n) is 6.40. The molecule has 0 rings (SSSR count). The van der Waals surface area contributed by atoms with Gasteiger partial charge in [0, 0.05) is 6.42 Å². The van der Waals surface area contributed by atoms with E-state index < -0.39 is 5.60 Å². The highest BCUT2D eigenvalue weighted by Gasteiger charge is 2.39. The number of likely N-dealkylation sites (N-methyl/N-ethyl adjacent to an activating group) is 1. The Morgan fingerprint density at radius 1 is 0.558 bits per heavy atom. The second-order valence-corrected chi connectivity index (χ2v) is 14.9. The van der Waals surface area contributed by atoms with E-state index in [9.17, 15) is 4.79 Å². The number of unbranched alkanes of at least 4 members (excludes halogenated alkanes) is 24. The first-order valence-corrected chi connectivity index (χ1v) is 19.6. The van der Waals surface area contributed by atoms with Crippen molar-refractivity contribution in [2.45, 2.75) is 206 Å². The third kappa shape index (κ3) is 27.8. The van der Waals surface area contributed by atoms with Crippen molar-refractivity contribution >= 4 is 15.2 Å². The molecule has 4 heteroatoms. The average molecular weight is 624 g/mol. The van der Waals surface area contributed by atoms with Crippen molar-refractivity contribution in [3.05, 3.63) is 12.2 Å². The van der Waals surface area contributed by atoms with Crippen LogP contribution in [-0.4, -0.2) is 43.6 Å². The molecule has 43 heavy (non-hydrogen) atoms. The molecule has 0 aromatic rings. The molecule has 0 heterocycles. The molecule has 256 valence electrons. The zero-order chi connectivity index (χ0) is 31.9. The summed E-state index contributed by atoms with van der Waals surface area (Å²) < 4.78 is 6.63. The summed E-state index contributed by atoms with van der Waals surface area (Å²) in [5, 5.41) is 0. The summed E-state index contributed by atoms with van der Waals surface area (Å²) in [4.78, 5) is 13.5. The molecule has 0 fully saturated rings. The molecule has 0 aromatic carbocycles. The Morgan fingerprint density at radius 3 is 1.28 bits per heavy atom. The predicted octanol–water partition coefficient (Wildman–Crippen LogP) is 13.0. The normalized spacial score (nSPS) is 13.6. The van der Waals surface area contributed by atoms with E-state index in [-0.39, 0.29) is 0 Å². The van der Waals surface area contributed by atoms with E-state index in [2.05, 4.69) is 56.6 Å². The fourth-order valence-corrected chi connectivity index (χ4v) is 6.68. The summed E-state index contributed by atoms with van der Waals surface area (Å²) in [5.41, 5.74) is -0.701. The third-order valence-electron chi connectivity index (χ3n) is 9.03. The van der Waals surface area contributed by atoms with Gasteiger partial charge in [0.05, 0.1) is 21.1 Å². The minimum absolute atomic E-state index is 0.294. The quantitative estimate of drug-likeness (QED) is 0.0308. The van der Waals surface area contributed by atoms with E-state index in [0.717, 1.165) is 36.7 Å². The molecule has 0 aliphatic heterocycles. The molecule has 0 spiro atoms. The summed E-state index contributed by atoms with van der Waals surface area (Å²) in [6.45, 7) is 5.29. The van der Waals surface area contributed by atoms with Crippen molar-refractivity contribution in [2.75, 3.05) is 27.7 Å². The van der Waals surface area contributed by atoms with E-state index >= 15 is 0 Å². The lowest BCUT2D eigenvalue weighted by Gasteiger charge is -2.41. The molecule has 0 N–H and O–H groups in total. The number of allylic oxidation sites excluding steroid dienone is 2. The van der Waals surface area contributed by atoms with Crippen LogP contribution in [0.5, 0.6) is 0 Å². The lowest BCUT2D eigenvalue weighted by molar-refractivity contribution is -0.875. The number of hydrogen-bond donors (Lipinski definition) is 0. The minimum Gasteiger partial charge on any atom is -0.547 e. The van der Waals surface area contributed by atoms with Crippen LogP contribution in [0, 0.1) is 0 Å². The number of carbonyl (C=O) groups excluding carboxylic acids is 1. The molecular weight excluding hydrogens is 545 g/mol. The Labute approximate surface area is 274 Å². The van der Waals surface area contributed by atoms with Gasteiger partial charge in [-0.05, 0) is 44.9 Å². The van der Waals surface area contributed by atoms with Gasteiger partial charge >= 0.3 is 0 Å². The number of carbonyl (C=O) groups is 1. The van der Waals surface area contributed by atoms with E-state index in [1.165, 1.54) is 154 Å². The molecule has 0 aromatic heterocycles. The first kappa shape index (κ1) is 42.8. The smallest absolute Gasteiger partial charge is 0.167 e. The van der Waals surface area contributed by atoms with Crippen LogP contribution in [0.25, 0.3) is 0 Å². The van der Waals surface area contributed by atoms with Crippen LogP contribution in [0.3, 0.4) is 0 Å². The number of rotatable bonds is 34. The van der Waals surface area contributed by atoms with Gasteiger partial charge < -0.3 is 18.5 Å². The SMILES string of the molecule is CCCCCCCC/C=C\CCCCCCCC(=O)C(CCCCCCCCCCCCCCCC)(C[N+](C)(C)C)O[PH-]. The van der Waals surface area contributed by atoms with E-state index in [4.69, 9.17) is 4.52 Å². The number of ketones is 1. The Kier molecular flexibility index (Phi) is 30.2. The first-order valence-electron chi connectivity index (χ1n) is 19.1. The topological polar surface area (TPSA) is 26.3 Å². The van der Waals surface area contributed by atoms with Crippen LogP contribution < -0.4 is 0 Å². The van der Waals surface area contributed by atoms with E-state index in [0.29, 0.717) is 12.2 Å². The summed E-state index contributed by atoms with van der Waals surface area (Å²) >= 11 is 0. The Balaban J connectivity index is 4.09. The van der Waals surface area contributed by atoms with Crippen LogP contribution in [0.15, 0.2) is 12.2 Å². The largest absolute Gasteiger partial charge is 0.547 e. The lowest BCUT2D eigenvalue weighted by atomic mass is 9.87. The van der Waals surface area contributed by atoms with Crippen molar-refractivity contribution in [1.29, 1.82) is 0 Å². The van der Waals surface area contributed by atoms with E-state index in [1.54, 1.807) is 0 Å². The van der Waals surface area contributed by atoms with Gasteiger partial charge in [-0.15, -0.1) is 0 Å². The van der Waals surface area contributed by atoms with E-state index in [1.807, 2.05) is 0 Å². The fraction of sp³-hybridized carbons (Fsp3) is 0.923. The molecule has 3 nitrogen and oxygen atoms in total. The van der Waals surface area contributed by atoms with Crippen molar-refractivity contribution < 1.29 is 13.8 Å². The van der Waals surface area contributed by atoms with Gasteiger partial charge in [0.15, 0.2) is 5.78 Å². The highest BCUT2D eigenvalue weighted by Crippen LogP contribution is 2.29. The molecule has 0 aliphatic rings. The number of nitrogens with zero attached hydrogens (tertiary/aromatic N) is 1. The molecule has 0 amide bonds. The summed E-state index contributed by atoms with van der Waals surface area (Å²) in [7, 11) is 9.88. The van der Waals surface area contributed by atoms with Crippen molar-refractivity contribution in [3.63, 3.8) is 0 Å². The summed E-state index contributed by atoms with van der Waals surface area (Å²) in [6.07, 6.45) is 41.8. The Hall–Kier alpha value is -0.240. The van der Waals surface area contributed by atoms with Crippen molar-refractivity contribution in [2.24, 2.45) is 0 Å². The van der Waals surface area contributed by atoms with Gasteiger partial charge in [0.1, 0.15) is 12.1 Å². The third-order valence-corrected chi connectivity index (χ3v) is 9.42. The maximum atomic E-state index is 13.5. The molecule has 1 unspecified atom stereocenters. The molecule has 0 radical (unpaired) electrons. The molecule has 0 saturated heterocycles. The van der Waals surface area contributed by atoms with Gasteiger partial charge in [-0.1, -0.05) is 161 Å².